The van der Waals surface area contributed by atoms with Gasteiger partial charge in [0, 0.05) is 17.3 Å². The molecule has 0 fully saturated rings. The fourth-order valence-corrected chi connectivity index (χ4v) is 2.09. The molecule has 5 heteroatoms. The predicted molar refractivity (Wildman–Crippen MR) is 78.1 cm³/mol. The smallest absolute Gasteiger partial charge is 0.318 e. The molecule has 98 valence electrons. The maximum atomic E-state index is 11.4. The van der Waals surface area contributed by atoms with Gasteiger partial charge in [-0.1, -0.05) is 30.3 Å². The zero-order valence-corrected chi connectivity index (χ0v) is 10.5. The van der Waals surface area contributed by atoms with E-state index in [4.69, 9.17) is 0 Å². The van der Waals surface area contributed by atoms with Gasteiger partial charge in [0.25, 0.3) is 0 Å². The maximum Gasteiger partial charge on any atom is 0.318 e. The summed E-state index contributed by atoms with van der Waals surface area (Å²) in [5.74, 6) is 0. The first-order chi connectivity index (χ1) is 9.75. The van der Waals surface area contributed by atoms with Gasteiger partial charge in [0.2, 0.25) is 0 Å². The van der Waals surface area contributed by atoms with Crippen LogP contribution in [0.1, 0.15) is 0 Å². The Hall–Kier alpha value is -2.95. The van der Waals surface area contributed by atoms with Crippen molar-refractivity contribution >= 4 is 28.0 Å². The number of benzene rings is 2. The van der Waals surface area contributed by atoms with Crippen LogP contribution in [0.25, 0.3) is 10.9 Å². The van der Waals surface area contributed by atoms with E-state index in [2.05, 4.69) is 10.3 Å². The van der Waals surface area contributed by atoms with E-state index in [-0.39, 0.29) is 5.69 Å². The molecule has 0 amide bonds. The molecule has 1 heterocycles. The number of nitrogens with one attached hydrogen (secondary N) is 1. The molecule has 1 N–H and O–H groups in total. The van der Waals surface area contributed by atoms with Gasteiger partial charge in [-0.15, -0.1) is 0 Å². The van der Waals surface area contributed by atoms with Crippen molar-refractivity contribution < 1.29 is 4.92 Å². The number of hydrogen-bond acceptors (Lipinski definition) is 4. The van der Waals surface area contributed by atoms with Crippen molar-refractivity contribution in [2.45, 2.75) is 0 Å². The van der Waals surface area contributed by atoms with E-state index in [1.807, 2.05) is 42.5 Å². The van der Waals surface area contributed by atoms with Gasteiger partial charge in [-0.25, -0.2) is 4.98 Å². The first-order valence-electron chi connectivity index (χ1n) is 6.10. The van der Waals surface area contributed by atoms with Gasteiger partial charge in [0.15, 0.2) is 0 Å². The molecule has 5 nitrogen and oxygen atoms in total. The Morgan fingerprint density at radius 2 is 1.80 bits per heavy atom. The summed E-state index contributed by atoms with van der Waals surface area (Å²) in [5.41, 5.74) is 1.61. The van der Waals surface area contributed by atoms with E-state index in [1.54, 1.807) is 18.3 Å². The molecule has 0 unspecified atom stereocenters. The van der Waals surface area contributed by atoms with Crippen molar-refractivity contribution in [3.05, 3.63) is 70.9 Å². The van der Waals surface area contributed by atoms with Crippen LogP contribution in [0.3, 0.4) is 0 Å². The number of hydrogen-bond donors (Lipinski definition) is 1. The minimum atomic E-state index is -0.402. The van der Waals surface area contributed by atoms with Gasteiger partial charge in [-0.2, -0.15) is 0 Å². The molecule has 0 aliphatic carbocycles. The van der Waals surface area contributed by atoms with E-state index < -0.39 is 4.92 Å². The van der Waals surface area contributed by atoms with Gasteiger partial charge in [-0.05, 0) is 24.3 Å². The Kier molecular flexibility index (Phi) is 3.01. The number of nitrogens with zero attached hydrogens (tertiary/aromatic N) is 2. The van der Waals surface area contributed by atoms with Crippen molar-refractivity contribution in [1.29, 1.82) is 0 Å². The van der Waals surface area contributed by atoms with Crippen molar-refractivity contribution in [3.63, 3.8) is 0 Å². The molecule has 20 heavy (non-hydrogen) atoms. The number of fused-ring (bicyclic) bond motifs is 1. The molecule has 0 aliphatic rings. The van der Waals surface area contributed by atoms with E-state index in [0.717, 1.165) is 11.1 Å². The number of anilines is 2. The highest BCUT2D eigenvalue weighted by Gasteiger charge is 2.19. The van der Waals surface area contributed by atoms with Crippen LogP contribution in [-0.2, 0) is 0 Å². The van der Waals surface area contributed by atoms with Crippen molar-refractivity contribution in [3.8, 4) is 0 Å². The lowest BCUT2D eigenvalue weighted by Gasteiger charge is -2.08. The lowest BCUT2D eigenvalue weighted by Crippen LogP contribution is -1.98. The molecule has 0 saturated carbocycles. The summed E-state index contributed by atoms with van der Waals surface area (Å²) in [7, 11) is 0. The number of rotatable bonds is 3. The second-order valence-corrected chi connectivity index (χ2v) is 4.28. The van der Waals surface area contributed by atoms with Crippen LogP contribution in [0.5, 0.6) is 0 Å². The SMILES string of the molecule is O=[N+]([O-])c1c(Nc2ccccc2)ccc2cccnc12. The Bertz CT molecular complexity index is 772. The number of nitro groups is 1. The van der Waals surface area contributed by atoms with Crippen LogP contribution < -0.4 is 5.32 Å². The third kappa shape index (κ3) is 2.16. The van der Waals surface area contributed by atoms with Crippen molar-refractivity contribution in [1.82, 2.24) is 4.98 Å². The Balaban J connectivity index is 2.15. The molecule has 0 spiro atoms. The third-order valence-corrected chi connectivity index (χ3v) is 2.98. The van der Waals surface area contributed by atoms with E-state index >= 15 is 0 Å². The first-order valence-corrected chi connectivity index (χ1v) is 6.10. The number of nitro benzene ring substituents is 1. The minimum absolute atomic E-state index is 0.00745. The molecule has 0 radical (unpaired) electrons. The van der Waals surface area contributed by atoms with Gasteiger partial charge < -0.3 is 5.32 Å². The molecule has 0 saturated heterocycles. The fourth-order valence-electron chi connectivity index (χ4n) is 2.09. The van der Waals surface area contributed by atoms with Crippen LogP contribution >= 0.6 is 0 Å². The second-order valence-electron chi connectivity index (χ2n) is 4.28. The van der Waals surface area contributed by atoms with Crippen LogP contribution in [0.2, 0.25) is 0 Å². The Morgan fingerprint density at radius 1 is 1.00 bits per heavy atom. The topological polar surface area (TPSA) is 68.1 Å². The number of aromatic nitrogens is 1. The number of pyridine rings is 1. The van der Waals surface area contributed by atoms with Crippen molar-refractivity contribution in [2.75, 3.05) is 5.32 Å². The maximum absolute atomic E-state index is 11.4. The average Bonchev–Trinajstić information content (AvgIpc) is 2.47. The highest BCUT2D eigenvalue weighted by atomic mass is 16.6. The summed E-state index contributed by atoms with van der Waals surface area (Å²) in [4.78, 5) is 15.1. The number of para-hydroxylation sites is 1. The lowest BCUT2D eigenvalue weighted by molar-refractivity contribution is -0.382. The highest BCUT2D eigenvalue weighted by Crippen LogP contribution is 2.33. The molecular formula is C15H11N3O2. The third-order valence-electron chi connectivity index (χ3n) is 2.98. The quantitative estimate of drug-likeness (QED) is 0.576. The fraction of sp³-hybridized carbons (Fsp3) is 0. The van der Waals surface area contributed by atoms with Gasteiger partial charge in [0.05, 0.1) is 4.92 Å². The molecule has 2 aromatic carbocycles. The summed E-state index contributed by atoms with van der Waals surface area (Å²) in [5, 5.41) is 15.2. The standard InChI is InChI=1S/C15H11N3O2/c19-18(20)15-13(17-12-6-2-1-3-7-12)9-8-11-5-4-10-16-14(11)15/h1-10,17H. The average molecular weight is 265 g/mol. The molecule has 0 bridgehead atoms. The normalized spacial score (nSPS) is 10.4. The van der Waals surface area contributed by atoms with Crippen molar-refractivity contribution in [2.24, 2.45) is 0 Å². The molecule has 1 aromatic heterocycles. The second kappa shape index (κ2) is 4.97. The van der Waals surface area contributed by atoms with Crippen LogP contribution in [-0.4, -0.2) is 9.91 Å². The molecule has 3 rings (SSSR count). The minimum Gasteiger partial charge on any atom is -0.350 e. The summed E-state index contributed by atoms with van der Waals surface area (Å²) < 4.78 is 0. The van der Waals surface area contributed by atoms with Crippen LogP contribution in [0.15, 0.2) is 60.8 Å². The van der Waals surface area contributed by atoms with E-state index in [1.165, 1.54) is 0 Å². The summed E-state index contributed by atoms with van der Waals surface area (Å²) in [6.45, 7) is 0. The predicted octanol–water partition coefficient (Wildman–Crippen LogP) is 3.89. The monoisotopic (exact) mass is 265 g/mol. The molecule has 0 atom stereocenters. The summed E-state index contributed by atoms with van der Waals surface area (Å²) in [6, 6.07) is 16.4. The summed E-state index contributed by atoms with van der Waals surface area (Å²) in [6.07, 6.45) is 1.56. The summed E-state index contributed by atoms with van der Waals surface area (Å²) >= 11 is 0. The Morgan fingerprint density at radius 3 is 2.55 bits per heavy atom. The van der Waals surface area contributed by atoms with Gasteiger partial charge in [0.1, 0.15) is 11.2 Å². The van der Waals surface area contributed by atoms with Crippen LogP contribution in [0, 0.1) is 10.1 Å². The largest absolute Gasteiger partial charge is 0.350 e. The van der Waals surface area contributed by atoms with Crippen LogP contribution in [0.4, 0.5) is 17.1 Å². The van der Waals surface area contributed by atoms with E-state index in [9.17, 15) is 10.1 Å². The molecule has 3 aromatic rings. The zero-order valence-electron chi connectivity index (χ0n) is 10.5. The first kappa shape index (κ1) is 12.1. The molecule has 0 aliphatic heterocycles. The van der Waals surface area contributed by atoms with Gasteiger partial charge >= 0.3 is 5.69 Å². The molecular weight excluding hydrogens is 254 g/mol. The van der Waals surface area contributed by atoms with E-state index in [0.29, 0.717) is 11.2 Å². The van der Waals surface area contributed by atoms with Gasteiger partial charge in [-0.3, -0.25) is 10.1 Å². The lowest BCUT2D eigenvalue weighted by atomic mass is 10.1. The Labute approximate surface area is 115 Å². The highest BCUT2D eigenvalue weighted by molar-refractivity contribution is 5.94. The zero-order chi connectivity index (χ0) is 13.9.